The third-order valence-electron chi connectivity index (χ3n) is 2.42. The zero-order valence-corrected chi connectivity index (χ0v) is 9.15. The second-order valence-electron chi connectivity index (χ2n) is 3.54. The van der Waals surface area contributed by atoms with Gasteiger partial charge in [-0.2, -0.15) is 0 Å². The number of rotatable bonds is 4. The second-order valence-corrected chi connectivity index (χ2v) is 3.54. The molecular formula is C10H16N2O3. The minimum absolute atomic E-state index is 0.571. The molecule has 5 nitrogen and oxygen atoms in total. The Balaban J connectivity index is 2.22. The summed E-state index contributed by atoms with van der Waals surface area (Å²) in [6.45, 7) is 7.00. The van der Waals surface area contributed by atoms with E-state index < -0.39 is 5.60 Å². The molecule has 0 spiro atoms. The van der Waals surface area contributed by atoms with Crippen molar-refractivity contribution in [2.45, 2.75) is 19.4 Å². The number of hydrogen-bond acceptors (Lipinski definition) is 5. The lowest BCUT2D eigenvalue weighted by Crippen LogP contribution is -2.47. The van der Waals surface area contributed by atoms with Gasteiger partial charge in [-0.15, -0.1) is 0 Å². The van der Waals surface area contributed by atoms with Crippen molar-refractivity contribution in [3.05, 3.63) is 0 Å². The molecule has 0 saturated carbocycles. The fourth-order valence-electron chi connectivity index (χ4n) is 1.75. The summed E-state index contributed by atoms with van der Waals surface area (Å²) in [5.74, 6) is 1.18. The van der Waals surface area contributed by atoms with Crippen molar-refractivity contribution in [3.63, 3.8) is 0 Å². The Hall–Kier alpha value is -1.10. The first-order chi connectivity index (χ1) is 7.27. The van der Waals surface area contributed by atoms with E-state index in [1.165, 1.54) is 0 Å². The van der Waals surface area contributed by atoms with E-state index in [1.54, 1.807) is 0 Å². The Morgan fingerprint density at radius 1 is 1.20 bits per heavy atom. The molecule has 2 rings (SSSR count). The Labute approximate surface area is 89.1 Å². The minimum Gasteiger partial charge on any atom is -0.477 e. The number of nitrogens with zero attached hydrogens (tertiary/aromatic N) is 2. The standard InChI is InChI=1S/C10H16N2O3/c1-3-15-10(2,8-11-4-6-13-8)9-12-5-7-14-9/h3-7H2,1-2H3. The average molecular weight is 212 g/mol. The van der Waals surface area contributed by atoms with Gasteiger partial charge in [0.1, 0.15) is 13.2 Å². The highest BCUT2D eigenvalue weighted by Gasteiger charge is 2.43. The lowest BCUT2D eigenvalue weighted by Gasteiger charge is -2.27. The summed E-state index contributed by atoms with van der Waals surface area (Å²) in [6.07, 6.45) is 0. The van der Waals surface area contributed by atoms with E-state index in [-0.39, 0.29) is 0 Å². The SMILES string of the molecule is CCOC(C)(C1=NCCO1)C1=NCCO1. The van der Waals surface area contributed by atoms with Crippen LogP contribution in [0.4, 0.5) is 0 Å². The predicted octanol–water partition coefficient (Wildman–Crippen LogP) is 0.639. The first-order valence-corrected chi connectivity index (χ1v) is 5.27. The van der Waals surface area contributed by atoms with Crippen LogP contribution in [0, 0.1) is 0 Å². The molecule has 5 heteroatoms. The molecule has 0 unspecified atom stereocenters. The van der Waals surface area contributed by atoms with Gasteiger partial charge >= 0.3 is 0 Å². The summed E-state index contributed by atoms with van der Waals surface area (Å²) < 4.78 is 16.6. The van der Waals surface area contributed by atoms with Gasteiger partial charge in [0, 0.05) is 6.61 Å². The second kappa shape index (κ2) is 4.18. The smallest absolute Gasteiger partial charge is 0.226 e. The monoisotopic (exact) mass is 212 g/mol. The van der Waals surface area contributed by atoms with Crippen LogP contribution in [0.15, 0.2) is 9.98 Å². The van der Waals surface area contributed by atoms with Gasteiger partial charge in [-0.1, -0.05) is 0 Å². The molecule has 0 aromatic heterocycles. The first kappa shape index (κ1) is 10.4. The number of ether oxygens (including phenoxy) is 3. The van der Waals surface area contributed by atoms with Gasteiger partial charge in [-0.25, -0.2) is 9.98 Å². The van der Waals surface area contributed by atoms with Crippen LogP contribution in [-0.4, -0.2) is 50.3 Å². The zero-order valence-electron chi connectivity index (χ0n) is 9.15. The van der Waals surface area contributed by atoms with Gasteiger partial charge in [0.2, 0.25) is 17.4 Å². The molecular weight excluding hydrogens is 196 g/mol. The molecule has 0 aliphatic carbocycles. The van der Waals surface area contributed by atoms with Crippen LogP contribution < -0.4 is 0 Å². The Morgan fingerprint density at radius 2 is 1.73 bits per heavy atom. The molecule has 2 heterocycles. The van der Waals surface area contributed by atoms with E-state index in [0.29, 0.717) is 44.7 Å². The molecule has 0 amide bonds. The lowest BCUT2D eigenvalue weighted by molar-refractivity contribution is 0.0471. The lowest BCUT2D eigenvalue weighted by atomic mass is 10.1. The third kappa shape index (κ3) is 1.84. The van der Waals surface area contributed by atoms with Gasteiger partial charge in [0.05, 0.1) is 13.1 Å². The van der Waals surface area contributed by atoms with Gasteiger partial charge in [-0.3, -0.25) is 0 Å². The molecule has 0 saturated heterocycles. The summed E-state index contributed by atoms with van der Waals surface area (Å²) in [5.41, 5.74) is -0.734. The Morgan fingerprint density at radius 3 is 2.07 bits per heavy atom. The molecule has 2 aliphatic heterocycles. The van der Waals surface area contributed by atoms with Crippen LogP contribution in [-0.2, 0) is 14.2 Å². The molecule has 0 atom stereocenters. The highest BCUT2D eigenvalue weighted by molar-refractivity contribution is 6.09. The molecule has 0 radical (unpaired) electrons. The molecule has 84 valence electrons. The van der Waals surface area contributed by atoms with Crippen LogP contribution in [0.1, 0.15) is 13.8 Å². The van der Waals surface area contributed by atoms with Crippen molar-refractivity contribution in [1.29, 1.82) is 0 Å². The largest absolute Gasteiger partial charge is 0.477 e. The molecule has 15 heavy (non-hydrogen) atoms. The highest BCUT2D eigenvalue weighted by Crippen LogP contribution is 2.22. The number of aliphatic imine (C=N–C) groups is 2. The summed E-state index contributed by atoms with van der Waals surface area (Å²) in [7, 11) is 0. The maximum atomic E-state index is 5.69. The fraction of sp³-hybridized carbons (Fsp3) is 0.800. The number of hydrogen-bond donors (Lipinski definition) is 0. The van der Waals surface area contributed by atoms with Crippen LogP contribution in [0.5, 0.6) is 0 Å². The summed E-state index contributed by atoms with van der Waals surface area (Å²) in [5, 5.41) is 0. The Bertz CT molecular complexity index is 275. The predicted molar refractivity (Wildman–Crippen MR) is 56.5 cm³/mol. The highest BCUT2D eigenvalue weighted by atomic mass is 16.6. The van der Waals surface area contributed by atoms with Crippen LogP contribution >= 0.6 is 0 Å². The van der Waals surface area contributed by atoms with Crippen molar-refractivity contribution in [2.24, 2.45) is 9.98 Å². The first-order valence-electron chi connectivity index (χ1n) is 5.27. The molecule has 2 aliphatic rings. The van der Waals surface area contributed by atoms with Crippen LogP contribution in [0.25, 0.3) is 0 Å². The summed E-state index contributed by atoms with van der Waals surface area (Å²) >= 11 is 0. The van der Waals surface area contributed by atoms with E-state index in [2.05, 4.69) is 9.98 Å². The maximum Gasteiger partial charge on any atom is 0.226 e. The molecule has 0 aromatic carbocycles. The Kier molecular flexibility index (Phi) is 2.90. The van der Waals surface area contributed by atoms with E-state index in [4.69, 9.17) is 14.2 Å². The average Bonchev–Trinajstić information content (AvgIpc) is 2.92. The fourth-order valence-corrected chi connectivity index (χ4v) is 1.75. The van der Waals surface area contributed by atoms with Crippen LogP contribution in [0.2, 0.25) is 0 Å². The molecule has 0 fully saturated rings. The van der Waals surface area contributed by atoms with Crippen molar-refractivity contribution >= 4 is 11.8 Å². The minimum atomic E-state index is -0.734. The van der Waals surface area contributed by atoms with Gasteiger partial charge < -0.3 is 14.2 Å². The quantitative estimate of drug-likeness (QED) is 0.687. The van der Waals surface area contributed by atoms with E-state index in [1.807, 2.05) is 13.8 Å². The topological polar surface area (TPSA) is 52.4 Å². The van der Waals surface area contributed by atoms with E-state index in [0.717, 1.165) is 0 Å². The van der Waals surface area contributed by atoms with E-state index >= 15 is 0 Å². The molecule has 0 aromatic rings. The van der Waals surface area contributed by atoms with Crippen molar-refractivity contribution < 1.29 is 14.2 Å². The van der Waals surface area contributed by atoms with E-state index in [9.17, 15) is 0 Å². The molecule has 0 N–H and O–H groups in total. The van der Waals surface area contributed by atoms with Crippen molar-refractivity contribution in [1.82, 2.24) is 0 Å². The van der Waals surface area contributed by atoms with Gasteiger partial charge in [-0.05, 0) is 13.8 Å². The normalized spacial score (nSPS) is 20.7. The summed E-state index contributed by atoms with van der Waals surface area (Å²) in [4.78, 5) is 8.56. The molecule has 0 bridgehead atoms. The van der Waals surface area contributed by atoms with Crippen molar-refractivity contribution in [2.75, 3.05) is 32.9 Å². The maximum absolute atomic E-state index is 5.69. The zero-order chi connectivity index (χ0) is 10.7. The third-order valence-corrected chi connectivity index (χ3v) is 2.42. The van der Waals surface area contributed by atoms with Gasteiger partial charge in [0.15, 0.2) is 0 Å². The van der Waals surface area contributed by atoms with Gasteiger partial charge in [0.25, 0.3) is 0 Å². The summed E-state index contributed by atoms with van der Waals surface area (Å²) in [6, 6.07) is 0. The van der Waals surface area contributed by atoms with Crippen molar-refractivity contribution in [3.8, 4) is 0 Å². The van der Waals surface area contributed by atoms with Crippen LogP contribution in [0.3, 0.4) is 0 Å².